The number of hydrogen-bond donors (Lipinski definition) is 1. The summed E-state index contributed by atoms with van der Waals surface area (Å²) in [6.07, 6.45) is 3.40. The van der Waals surface area contributed by atoms with E-state index in [0.29, 0.717) is 5.02 Å². The molecular formula is C17H14ClNOS. The number of thiophene rings is 1. The van der Waals surface area contributed by atoms with Gasteiger partial charge >= 0.3 is 0 Å². The summed E-state index contributed by atoms with van der Waals surface area (Å²) < 4.78 is 0. The molecule has 2 heterocycles. The van der Waals surface area contributed by atoms with Crippen molar-refractivity contribution >= 4 is 22.9 Å². The second-order valence-electron chi connectivity index (χ2n) is 4.87. The Hall–Kier alpha value is -1.68. The number of aliphatic hydroxyl groups is 1. The molecule has 0 aliphatic carbocycles. The highest BCUT2D eigenvalue weighted by molar-refractivity contribution is 7.12. The molecule has 0 fully saturated rings. The Labute approximate surface area is 132 Å². The zero-order valence-electron chi connectivity index (χ0n) is 11.5. The molecule has 1 N–H and O–H groups in total. The number of aromatic nitrogens is 1. The van der Waals surface area contributed by atoms with Crippen molar-refractivity contribution < 1.29 is 5.11 Å². The lowest BCUT2D eigenvalue weighted by molar-refractivity contribution is 0.129. The Kier molecular flexibility index (Phi) is 3.81. The molecule has 21 heavy (non-hydrogen) atoms. The normalized spacial score (nSPS) is 13.9. The van der Waals surface area contributed by atoms with E-state index in [9.17, 15) is 5.11 Å². The lowest BCUT2D eigenvalue weighted by atomic mass is 9.86. The highest BCUT2D eigenvalue weighted by Gasteiger charge is 2.35. The Bertz CT molecular complexity index is 739. The van der Waals surface area contributed by atoms with Crippen LogP contribution < -0.4 is 0 Å². The third-order valence-corrected chi connectivity index (χ3v) is 4.80. The molecule has 3 rings (SSSR count). The van der Waals surface area contributed by atoms with Gasteiger partial charge in [0.25, 0.3) is 0 Å². The Morgan fingerprint density at radius 2 is 1.81 bits per heavy atom. The summed E-state index contributed by atoms with van der Waals surface area (Å²) in [6, 6.07) is 15.0. The Morgan fingerprint density at radius 3 is 2.38 bits per heavy atom. The second kappa shape index (κ2) is 5.60. The average molecular weight is 316 g/mol. The van der Waals surface area contributed by atoms with Gasteiger partial charge in [0.2, 0.25) is 0 Å². The van der Waals surface area contributed by atoms with Crippen molar-refractivity contribution in [2.45, 2.75) is 12.5 Å². The van der Waals surface area contributed by atoms with Crippen LogP contribution in [0.4, 0.5) is 0 Å². The molecule has 0 spiro atoms. The fraction of sp³-hybridized carbons (Fsp3) is 0.118. The van der Waals surface area contributed by atoms with Crippen LogP contribution in [0, 0.1) is 6.92 Å². The van der Waals surface area contributed by atoms with Gasteiger partial charge < -0.3 is 5.11 Å². The van der Waals surface area contributed by atoms with Crippen LogP contribution in [-0.2, 0) is 5.60 Å². The first-order valence-electron chi connectivity index (χ1n) is 6.56. The first kappa shape index (κ1) is 14.3. The lowest BCUT2D eigenvalue weighted by Gasteiger charge is -2.28. The number of aryl methyl sites for hydroxylation is 1. The summed E-state index contributed by atoms with van der Waals surface area (Å²) in [5, 5.41) is 12.1. The van der Waals surface area contributed by atoms with Crippen LogP contribution in [-0.4, -0.2) is 10.1 Å². The number of rotatable bonds is 3. The van der Waals surface area contributed by atoms with Crippen molar-refractivity contribution in [1.82, 2.24) is 4.98 Å². The first-order valence-corrected chi connectivity index (χ1v) is 7.76. The van der Waals surface area contributed by atoms with Gasteiger partial charge in [0.15, 0.2) is 5.60 Å². The molecule has 106 valence electrons. The minimum absolute atomic E-state index is 0.648. The molecule has 2 aromatic heterocycles. The van der Waals surface area contributed by atoms with Crippen molar-refractivity contribution in [2.24, 2.45) is 0 Å². The second-order valence-corrected chi connectivity index (χ2v) is 6.59. The van der Waals surface area contributed by atoms with Crippen LogP contribution in [0.1, 0.15) is 20.9 Å². The standard InChI is InChI=1S/C17H14ClNOS/c1-12-4-9-16(21-12)17(20,14-3-2-10-19-11-14)13-5-7-15(18)8-6-13/h2-11,20H,1H3. The SMILES string of the molecule is Cc1ccc(C(O)(c2ccc(Cl)cc2)c2cccnc2)s1. The molecule has 0 aliphatic rings. The zero-order valence-corrected chi connectivity index (χ0v) is 13.0. The van der Waals surface area contributed by atoms with Crippen molar-refractivity contribution in [2.75, 3.05) is 0 Å². The van der Waals surface area contributed by atoms with Crippen LogP contribution in [0.3, 0.4) is 0 Å². The number of hydrogen-bond acceptors (Lipinski definition) is 3. The van der Waals surface area contributed by atoms with E-state index in [2.05, 4.69) is 4.98 Å². The highest BCUT2D eigenvalue weighted by atomic mass is 35.5. The number of nitrogens with zero attached hydrogens (tertiary/aromatic N) is 1. The number of pyridine rings is 1. The molecule has 4 heteroatoms. The van der Waals surface area contributed by atoms with Gasteiger partial charge in [-0.1, -0.05) is 29.8 Å². The van der Waals surface area contributed by atoms with E-state index >= 15 is 0 Å². The maximum absolute atomic E-state index is 11.5. The van der Waals surface area contributed by atoms with Gasteiger partial charge in [-0.05, 0) is 42.8 Å². The predicted molar refractivity (Wildman–Crippen MR) is 86.8 cm³/mol. The van der Waals surface area contributed by atoms with Crippen LogP contribution in [0.15, 0.2) is 60.9 Å². The van der Waals surface area contributed by atoms with E-state index < -0.39 is 5.60 Å². The van der Waals surface area contributed by atoms with Gasteiger partial charge in [-0.25, -0.2) is 0 Å². The van der Waals surface area contributed by atoms with Crippen molar-refractivity contribution in [3.8, 4) is 0 Å². The molecular weight excluding hydrogens is 302 g/mol. The maximum atomic E-state index is 11.5. The largest absolute Gasteiger partial charge is 0.375 e. The van der Waals surface area contributed by atoms with Crippen LogP contribution in [0.25, 0.3) is 0 Å². The van der Waals surface area contributed by atoms with Crippen LogP contribution in [0.5, 0.6) is 0 Å². The van der Waals surface area contributed by atoms with Crippen molar-refractivity contribution in [3.05, 3.63) is 86.8 Å². The average Bonchev–Trinajstić information content (AvgIpc) is 2.95. The fourth-order valence-corrected chi connectivity index (χ4v) is 3.48. The van der Waals surface area contributed by atoms with Crippen molar-refractivity contribution in [1.29, 1.82) is 0 Å². The molecule has 0 radical (unpaired) electrons. The molecule has 3 aromatic rings. The quantitative estimate of drug-likeness (QED) is 0.777. The van der Waals surface area contributed by atoms with Gasteiger partial charge in [-0.3, -0.25) is 4.98 Å². The van der Waals surface area contributed by atoms with E-state index in [1.165, 1.54) is 0 Å². The van der Waals surface area contributed by atoms with Gasteiger partial charge in [0.1, 0.15) is 0 Å². The van der Waals surface area contributed by atoms with Gasteiger partial charge in [0, 0.05) is 32.7 Å². The summed E-state index contributed by atoms with van der Waals surface area (Å²) >= 11 is 7.54. The Morgan fingerprint density at radius 1 is 1.05 bits per heavy atom. The topological polar surface area (TPSA) is 33.1 Å². The van der Waals surface area contributed by atoms with Crippen LogP contribution in [0.2, 0.25) is 5.02 Å². The minimum atomic E-state index is -1.21. The third-order valence-electron chi connectivity index (χ3n) is 3.44. The van der Waals surface area contributed by atoms with Crippen molar-refractivity contribution in [3.63, 3.8) is 0 Å². The maximum Gasteiger partial charge on any atom is 0.151 e. The van der Waals surface area contributed by atoms with E-state index in [-0.39, 0.29) is 0 Å². The summed E-state index contributed by atoms with van der Waals surface area (Å²) in [5.41, 5.74) is 0.313. The van der Waals surface area contributed by atoms with Gasteiger partial charge in [-0.2, -0.15) is 0 Å². The minimum Gasteiger partial charge on any atom is -0.375 e. The highest BCUT2D eigenvalue weighted by Crippen LogP contribution is 2.39. The van der Waals surface area contributed by atoms with E-state index in [1.54, 1.807) is 35.9 Å². The number of halogens is 1. The molecule has 0 saturated carbocycles. The molecule has 1 unspecified atom stereocenters. The van der Waals surface area contributed by atoms with E-state index in [4.69, 9.17) is 11.6 Å². The monoisotopic (exact) mass is 315 g/mol. The molecule has 1 aromatic carbocycles. The fourth-order valence-electron chi connectivity index (χ4n) is 2.35. The van der Waals surface area contributed by atoms with Gasteiger partial charge in [0.05, 0.1) is 0 Å². The molecule has 2 nitrogen and oxygen atoms in total. The molecule has 0 bridgehead atoms. The molecule has 0 amide bonds. The third kappa shape index (κ3) is 2.60. The van der Waals surface area contributed by atoms with Crippen LogP contribution >= 0.6 is 22.9 Å². The summed E-state index contributed by atoms with van der Waals surface area (Å²) in [5.74, 6) is 0. The summed E-state index contributed by atoms with van der Waals surface area (Å²) in [6.45, 7) is 2.03. The zero-order chi connectivity index (χ0) is 14.9. The molecule has 0 aliphatic heterocycles. The lowest BCUT2D eigenvalue weighted by Crippen LogP contribution is -2.27. The number of benzene rings is 1. The summed E-state index contributed by atoms with van der Waals surface area (Å²) in [4.78, 5) is 6.17. The predicted octanol–water partition coefficient (Wildman–Crippen LogP) is 4.39. The van der Waals surface area contributed by atoms with E-state index in [0.717, 1.165) is 20.9 Å². The molecule has 0 saturated heterocycles. The smallest absolute Gasteiger partial charge is 0.151 e. The summed E-state index contributed by atoms with van der Waals surface area (Å²) in [7, 11) is 0. The van der Waals surface area contributed by atoms with Gasteiger partial charge in [-0.15, -0.1) is 11.3 Å². The first-order chi connectivity index (χ1) is 10.1. The molecule has 1 atom stereocenters. The Balaban J connectivity index is 2.22. The van der Waals surface area contributed by atoms with E-state index in [1.807, 2.05) is 43.3 Å².